The molecule has 16 heavy (non-hydrogen) atoms. The molecule has 0 heterocycles. The fourth-order valence-electron chi connectivity index (χ4n) is 1.64. The summed E-state index contributed by atoms with van der Waals surface area (Å²) in [6.45, 7) is 4.04. The Bertz CT molecular complexity index is 169. The van der Waals surface area contributed by atoms with Gasteiger partial charge in [-0.1, -0.05) is 51.9 Å². The van der Waals surface area contributed by atoms with Gasteiger partial charge in [0.25, 0.3) is 0 Å². The highest BCUT2D eigenvalue weighted by Gasteiger charge is 2.05. The summed E-state index contributed by atoms with van der Waals surface area (Å²) in [6, 6.07) is 0. The van der Waals surface area contributed by atoms with Crippen LogP contribution in [0.3, 0.4) is 0 Å². The number of esters is 1. The Labute approximate surface area is 108 Å². The molecule has 0 radical (unpaired) electrons. The summed E-state index contributed by atoms with van der Waals surface area (Å²) in [5.41, 5.74) is 0. The molecule has 0 aromatic carbocycles. The maximum absolute atomic E-state index is 11.2. The first kappa shape index (κ1) is 16.0. The third-order valence-corrected chi connectivity index (χ3v) is 2.72. The highest BCUT2D eigenvalue weighted by molar-refractivity contribution is 9.09. The average molecular weight is 293 g/mol. The average Bonchev–Trinajstić information content (AvgIpc) is 2.21. The second kappa shape index (κ2) is 11.4. The molecule has 0 bridgehead atoms. The molecule has 0 aliphatic carbocycles. The predicted molar refractivity (Wildman–Crippen MR) is 71.7 cm³/mol. The summed E-state index contributed by atoms with van der Waals surface area (Å²) < 4.78 is 4.99. The van der Waals surface area contributed by atoms with E-state index in [9.17, 15) is 4.79 Å². The van der Waals surface area contributed by atoms with Crippen LogP contribution in [0.5, 0.6) is 0 Å². The number of carbonyl (C=O) groups excluding carboxylic acids is 1. The Morgan fingerprint density at radius 2 is 1.56 bits per heavy atom. The third-order valence-electron chi connectivity index (χ3n) is 2.53. The van der Waals surface area contributed by atoms with E-state index in [0.29, 0.717) is 6.42 Å². The number of halogens is 1. The van der Waals surface area contributed by atoms with Crippen LogP contribution in [0, 0.1) is 0 Å². The molecule has 0 amide bonds. The van der Waals surface area contributed by atoms with E-state index in [4.69, 9.17) is 4.74 Å². The molecular weight excluding hydrogens is 268 g/mol. The van der Waals surface area contributed by atoms with Crippen LogP contribution in [-0.2, 0) is 9.53 Å². The topological polar surface area (TPSA) is 26.3 Å². The van der Waals surface area contributed by atoms with Crippen molar-refractivity contribution in [1.29, 1.82) is 0 Å². The maximum atomic E-state index is 11.2. The minimum Gasteiger partial charge on any atom is -0.451 e. The Balaban J connectivity index is 3.11. The highest BCUT2D eigenvalue weighted by atomic mass is 79.9. The zero-order valence-corrected chi connectivity index (χ0v) is 12.2. The predicted octanol–water partition coefficient (Wildman–Crippen LogP) is 4.80. The van der Waals surface area contributed by atoms with E-state index in [0.717, 1.165) is 12.8 Å². The Kier molecular flexibility index (Phi) is 11.4. The summed E-state index contributed by atoms with van der Waals surface area (Å²) in [7, 11) is 0. The van der Waals surface area contributed by atoms with E-state index >= 15 is 0 Å². The first-order chi connectivity index (χ1) is 7.66. The summed E-state index contributed by atoms with van der Waals surface area (Å²) in [5, 5.41) is -0.158. The van der Waals surface area contributed by atoms with Gasteiger partial charge >= 0.3 is 5.97 Å². The molecule has 0 fully saturated rings. The molecule has 0 spiro atoms. The van der Waals surface area contributed by atoms with Gasteiger partial charge in [-0.3, -0.25) is 4.79 Å². The standard InChI is InChI=1S/C13H25BrO2/c1-3-4-5-6-7-8-9-10-11-13(15)16-12(2)14/h12H,3-11H2,1-2H3. The summed E-state index contributed by atoms with van der Waals surface area (Å²) in [4.78, 5) is 11.2. The Morgan fingerprint density at radius 1 is 1.06 bits per heavy atom. The van der Waals surface area contributed by atoms with Crippen molar-refractivity contribution in [3.05, 3.63) is 0 Å². The van der Waals surface area contributed by atoms with E-state index in [1.165, 1.54) is 38.5 Å². The minimum atomic E-state index is -0.158. The second-order valence-electron chi connectivity index (χ2n) is 4.26. The zero-order valence-electron chi connectivity index (χ0n) is 10.6. The van der Waals surface area contributed by atoms with Crippen LogP contribution in [0.4, 0.5) is 0 Å². The lowest BCUT2D eigenvalue weighted by atomic mass is 10.1. The van der Waals surface area contributed by atoms with Crippen molar-refractivity contribution in [1.82, 2.24) is 0 Å². The van der Waals surface area contributed by atoms with Crippen molar-refractivity contribution in [2.45, 2.75) is 76.6 Å². The molecule has 0 N–H and O–H groups in total. The summed E-state index contributed by atoms with van der Waals surface area (Å²) in [6.07, 6.45) is 10.6. The largest absolute Gasteiger partial charge is 0.451 e. The lowest BCUT2D eigenvalue weighted by molar-refractivity contribution is -0.144. The van der Waals surface area contributed by atoms with Crippen LogP contribution in [-0.4, -0.2) is 11.0 Å². The number of hydrogen-bond donors (Lipinski definition) is 0. The molecule has 3 heteroatoms. The first-order valence-electron chi connectivity index (χ1n) is 6.50. The fourth-order valence-corrected chi connectivity index (χ4v) is 1.85. The Hall–Kier alpha value is -0.0500. The summed E-state index contributed by atoms with van der Waals surface area (Å²) in [5.74, 6) is -0.0876. The molecule has 1 unspecified atom stereocenters. The van der Waals surface area contributed by atoms with Gasteiger partial charge in [0.15, 0.2) is 5.01 Å². The smallest absolute Gasteiger partial charge is 0.306 e. The van der Waals surface area contributed by atoms with Gasteiger partial charge in [-0.2, -0.15) is 0 Å². The van der Waals surface area contributed by atoms with Gasteiger partial charge in [-0.15, -0.1) is 0 Å². The number of unbranched alkanes of at least 4 members (excludes halogenated alkanes) is 7. The molecular formula is C13H25BrO2. The van der Waals surface area contributed by atoms with Crippen molar-refractivity contribution in [3.8, 4) is 0 Å². The van der Waals surface area contributed by atoms with E-state index < -0.39 is 0 Å². The molecule has 0 saturated carbocycles. The van der Waals surface area contributed by atoms with E-state index in [2.05, 4.69) is 22.9 Å². The van der Waals surface area contributed by atoms with Gasteiger partial charge in [0.1, 0.15) is 0 Å². The molecule has 0 rings (SSSR count). The van der Waals surface area contributed by atoms with Crippen molar-refractivity contribution >= 4 is 21.9 Å². The van der Waals surface area contributed by atoms with Crippen molar-refractivity contribution in [3.63, 3.8) is 0 Å². The molecule has 1 atom stereocenters. The van der Waals surface area contributed by atoms with Gasteiger partial charge < -0.3 is 4.74 Å². The van der Waals surface area contributed by atoms with E-state index in [-0.39, 0.29) is 11.0 Å². The fraction of sp³-hybridized carbons (Fsp3) is 0.923. The van der Waals surface area contributed by atoms with Gasteiger partial charge in [0.05, 0.1) is 0 Å². The number of rotatable bonds is 10. The van der Waals surface area contributed by atoms with Crippen LogP contribution in [0.2, 0.25) is 0 Å². The van der Waals surface area contributed by atoms with E-state index in [1.54, 1.807) is 0 Å². The quantitative estimate of drug-likeness (QED) is 0.328. The van der Waals surface area contributed by atoms with Crippen LogP contribution < -0.4 is 0 Å². The summed E-state index contributed by atoms with van der Waals surface area (Å²) >= 11 is 3.19. The molecule has 0 aliphatic heterocycles. The molecule has 96 valence electrons. The van der Waals surface area contributed by atoms with Gasteiger partial charge in [-0.25, -0.2) is 0 Å². The molecule has 2 nitrogen and oxygen atoms in total. The first-order valence-corrected chi connectivity index (χ1v) is 7.42. The second-order valence-corrected chi connectivity index (χ2v) is 5.55. The van der Waals surface area contributed by atoms with Crippen molar-refractivity contribution < 1.29 is 9.53 Å². The lowest BCUT2D eigenvalue weighted by Gasteiger charge is -2.06. The number of alkyl halides is 1. The lowest BCUT2D eigenvalue weighted by Crippen LogP contribution is -2.08. The molecule has 0 aliphatic rings. The molecule has 0 saturated heterocycles. The van der Waals surface area contributed by atoms with Crippen LogP contribution in [0.15, 0.2) is 0 Å². The zero-order chi connectivity index (χ0) is 12.2. The van der Waals surface area contributed by atoms with Gasteiger partial charge in [0, 0.05) is 6.42 Å². The molecule has 0 aromatic heterocycles. The number of ether oxygens (including phenoxy) is 1. The van der Waals surface area contributed by atoms with Crippen LogP contribution >= 0.6 is 15.9 Å². The van der Waals surface area contributed by atoms with Crippen LogP contribution in [0.25, 0.3) is 0 Å². The van der Waals surface area contributed by atoms with Gasteiger partial charge in [-0.05, 0) is 29.3 Å². The molecule has 0 aromatic rings. The normalized spacial score (nSPS) is 12.4. The van der Waals surface area contributed by atoms with Crippen LogP contribution in [0.1, 0.15) is 71.6 Å². The SMILES string of the molecule is CCCCCCCCCCC(=O)OC(C)Br. The third kappa shape index (κ3) is 12.0. The van der Waals surface area contributed by atoms with Crippen molar-refractivity contribution in [2.75, 3.05) is 0 Å². The highest BCUT2D eigenvalue weighted by Crippen LogP contribution is 2.10. The monoisotopic (exact) mass is 292 g/mol. The Morgan fingerprint density at radius 3 is 2.06 bits per heavy atom. The van der Waals surface area contributed by atoms with Crippen molar-refractivity contribution in [2.24, 2.45) is 0 Å². The maximum Gasteiger partial charge on any atom is 0.306 e. The van der Waals surface area contributed by atoms with Gasteiger partial charge in [0.2, 0.25) is 0 Å². The number of hydrogen-bond acceptors (Lipinski definition) is 2. The van der Waals surface area contributed by atoms with E-state index in [1.807, 2.05) is 6.92 Å². The minimum absolute atomic E-state index is 0.0876. The number of carbonyl (C=O) groups is 1.